The van der Waals surface area contributed by atoms with Gasteiger partial charge in [0.2, 0.25) is 10.0 Å². The Morgan fingerprint density at radius 3 is 2.21 bits per heavy atom. The standard InChI is InChI=1S/C24H24N2O2S/c1-16-12-14-19(15-13-16)29(27,28)26-24(20-9-5-4-8-17(20)2)23-18(3)25-22-11-7-6-10-21(22)23/h4-15,24-26H,1-3H3. The van der Waals surface area contributed by atoms with E-state index in [0.29, 0.717) is 0 Å². The van der Waals surface area contributed by atoms with E-state index in [2.05, 4.69) is 9.71 Å². The van der Waals surface area contributed by atoms with Crippen LogP contribution in [0.25, 0.3) is 10.9 Å². The van der Waals surface area contributed by atoms with Crippen LogP contribution in [-0.4, -0.2) is 13.4 Å². The maximum absolute atomic E-state index is 13.3. The van der Waals surface area contributed by atoms with Gasteiger partial charge in [-0.05, 0) is 50.1 Å². The molecule has 0 radical (unpaired) electrons. The fourth-order valence-corrected chi connectivity index (χ4v) is 4.99. The van der Waals surface area contributed by atoms with Crippen molar-refractivity contribution in [3.05, 3.63) is 101 Å². The lowest BCUT2D eigenvalue weighted by molar-refractivity contribution is 0.572. The van der Waals surface area contributed by atoms with Gasteiger partial charge < -0.3 is 4.98 Å². The first-order chi connectivity index (χ1) is 13.9. The van der Waals surface area contributed by atoms with E-state index in [1.54, 1.807) is 12.1 Å². The van der Waals surface area contributed by atoms with Crippen molar-refractivity contribution in [3.8, 4) is 0 Å². The minimum absolute atomic E-state index is 0.263. The van der Waals surface area contributed by atoms with Gasteiger partial charge in [0.15, 0.2) is 0 Å². The van der Waals surface area contributed by atoms with Crippen molar-refractivity contribution in [3.63, 3.8) is 0 Å². The molecule has 1 aromatic heterocycles. The number of sulfonamides is 1. The molecule has 1 heterocycles. The molecule has 0 fully saturated rings. The molecule has 0 aliphatic rings. The van der Waals surface area contributed by atoms with E-state index in [1.165, 1.54) is 0 Å². The Hall–Kier alpha value is -2.89. The molecule has 2 N–H and O–H groups in total. The average Bonchev–Trinajstić information content (AvgIpc) is 3.03. The smallest absolute Gasteiger partial charge is 0.241 e. The highest BCUT2D eigenvalue weighted by Gasteiger charge is 2.27. The summed E-state index contributed by atoms with van der Waals surface area (Å²) < 4.78 is 29.5. The number of para-hydroxylation sites is 1. The van der Waals surface area contributed by atoms with Crippen molar-refractivity contribution in [2.75, 3.05) is 0 Å². The molecular formula is C24H24N2O2S. The number of aromatic nitrogens is 1. The largest absolute Gasteiger partial charge is 0.358 e. The molecule has 4 aromatic rings. The van der Waals surface area contributed by atoms with Gasteiger partial charge in [-0.1, -0.05) is 60.2 Å². The second-order valence-corrected chi connectivity index (χ2v) is 9.15. The Morgan fingerprint density at radius 1 is 0.828 bits per heavy atom. The van der Waals surface area contributed by atoms with Crippen LogP contribution >= 0.6 is 0 Å². The summed E-state index contributed by atoms with van der Waals surface area (Å²) in [5, 5.41) is 1.02. The van der Waals surface area contributed by atoms with Crippen molar-refractivity contribution < 1.29 is 8.42 Å². The zero-order valence-corrected chi connectivity index (χ0v) is 17.5. The molecule has 0 aliphatic carbocycles. The molecule has 4 rings (SSSR count). The van der Waals surface area contributed by atoms with E-state index in [9.17, 15) is 8.42 Å². The summed E-state index contributed by atoms with van der Waals surface area (Å²) in [6.07, 6.45) is 0. The van der Waals surface area contributed by atoms with Crippen LogP contribution in [0.2, 0.25) is 0 Å². The van der Waals surface area contributed by atoms with Gasteiger partial charge in [-0.25, -0.2) is 8.42 Å². The Morgan fingerprint density at radius 2 is 1.48 bits per heavy atom. The van der Waals surface area contributed by atoms with Gasteiger partial charge >= 0.3 is 0 Å². The number of H-pyrrole nitrogens is 1. The summed E-state index contributed by atoms with van der Waals surface area (Å²) in [7, 11) is -3.72. The molecule has 1 atom stereocenters. The lowest BCUT2D eigenvalue weighted by atomic mass is 9.94. The maximum atomic E-state index is 13.3. The van der Waals surface area contributed by atoms with Crippen molar-refractivity contribution in [2.24, 2.45) is 0 Å². The molecule has 0 amide bonds. The Labute approximate surface area is 171 Å². The van der Waals surface area contributed by atoms with Gasteiger partial charge in [-0.2, -0.15) is 4.72 Å². The number of hydrogen-bond donors (Lipinski definition) is 2. The zero-order valence-electron chi connectivity index (χ0n) is 16.7. The quantitative estimate of drug-likeness (QED) is 0.482. The highest BCUT2D eigenvalue weighted by atomic mass is 32.2. The van der Waals surface area contributed by atoms with Crippen LogP contribution in [0.4, 0.5) is 0 Å². The fourth-order valence-electron chi connectivity index (χ4n) is 3.80. The predicted octanol–water partition coefficient (Wildman–Crippen LogP) is 5.16. The van der Waals surface area contributed by atoms with Crippen molar-refractivity contribution >= 4 is 20.9 Å². The van der Waals surface area contributed by atoms with E-state index in [4.69, 9.17) is 0 Å². The number of aryl methyl sites for hydroxylation is 3. The molecule has 0 aliphatic heterocycles. The minimum Gasteiger partial charge on any atom is -0.358 e. The molecule has 29 heavy (non-hydrogen) atoms. The van der Waals surface area contributed by atoms with Crippen LogP contribution in [0.1, 0.15) is 34.0 Å². The summed E-state index contributed by atoms with van der Waals surface area (Å²) in [6.45, 7) is 5.93. The molecule has 1 unspecified atom stereocenters. The normalized spacial score (nSPS) is 12.9. The van der Waals surface area contributed by atoms with Gasteiger partial charge in [0.25, 0.3) is 0 Å². The number of nitrogens with one attached hydrogen (secondary N) is 2. The fraction of sp³-hybridized carbons (Fsp3) is 0.167. The lowest BCUT2D eigenvalue weighted by Crippen LogP contribution is -2.30. The van der Waals surface area contributed by atoms with E-state index in [-0.39, 0.29) is 4.90 Å². The molecule has 3 aromatic carbocycles. The molecule has 148 valence electrons. The minimum atomic E-state index is -3.72. The summed E-state index contributed by atoms with van der Waals surface area (Å²) in [6, 6.07) is 22.3. The first-order valence-electron chi connectivity index (χ1n) is 9.58. The number of hydrogen-bond acceptors (Lipinski definition) is 2. The molecule has 5 heteroatoms. The summed E-state index contributed by atoms with van der Waals surface area (Å²) in [4.78, 5) is 3.66. The predicted molar refractivity (Wildman–Crippen MR) is 118 cm³/mol. The summed E-state index contributed by atoms with van der Waals surface area (Å²) >= 11 is 0. The van der Waals surface area contributed by atoms with Crippen LogP contribution in [0.3, 0.4) is 0 Å². The van der Waals surface area contributed by atoms with Gasteiger partial charge in [-0.3, -0.25) is 0 Å². The Balaban J connectivity index is 1.89. The second-order valence-electron chi connectivity index (χ2n) is 7.43. The first kappa shape index (κ1) is 19.4. The van der Waals surface area contributed by atoms with Crippen molar-refractivity contribution in [1.29, 1.82) is 0 Å². The van der Waals surface area contributed by atoms with Crippen molar-refractivity contribution in [2.45, 2.75) is 31.7 Å². The first-order valence-corrected chi connectivity index (χ1v) is 11.1. The topological polar surface area (TPSA) is 62.0 Å². The average molecular weight is 405 g/mol. The number of rotatable bonds is 5. The van der Waals surface area contributed by atoms with E-state index >= 15 is 0 Å². The highest BCUT2D eigenvalue weighted by Crippen LogP contribution is 2.34. The summed E-state index contributed by atoms with van der Waals surface area (Å²) in [5.41, 5.74) is 5.89. The van der Waals surface area contributed by atoms with Crippen LogP contribution in [0, 0.1) is 20.8 Å². The second kappa shape index (κ2) is 7.50. The summed E-state index contributed by atoms with van der Waals surface area (Å²) in [5.74, 6) is 0. The molecule has 0 bridgehead atoms. The molecule has 0 spiro atoms. The number of fused-ring (bicyclic) bond motifs is 1. The van der Waals surface area contributed by atoms with Crippen LogP contribution < -0.4 is 4.72 Å². The van der Waals surface area contributed by atoms with Gasteiger partial charge in [0.05, 0.1) is 10.9 Å². The van der Waals surface area contributed by atoms with E-state index in [1.807, 2.05) is 81.4 Å². The van der Waals surface area contributed by atoms with Gasteiger partial charge in [-0.15, -0.1) is 0 Å². The third-order valence-electron chi connectivity index (χ3n) is 5.34. The molecular weight excluding hydrogens is 380 g/mol. The number of aromatic amines is 1. The Bertz CT molecular complexity index is 1270. The maximum Gasteiger partial charge on any atom is 0.241 e. The third-order valence-corrected chi connectivity index (χ3v) is 6.77. The lowest BCUT2D eigenvalue weighted by Gasteiger charge is -2.22. The number of benzene rings is 3. The van der Waals surface area contributed by atoms with E-state index < -0.39 is 16.1 Å². The SMILES string of the molecule is Cc1ccc(S(=O)(=O)NC(c2ccccc2C)c2c(C)[nH]c3ccccc23)cc1. The molecule has 0 saturated heterocycles. The third kappa shape index (κ3) is 3.71. The van der Waals surface area contributed by atoms with Crippen LogP contribution in [0.15, 0.2) is 77.7 Å². The Kier molecular flexibility index (Phi) is 5.03. The molecule has 0 saturated carbocycles. The van der Waals surface area contributed by atoms with Crippen LogP contribution in [0.5, 0.6) is 0 Å². The zero-order chi connectivity index (χ0) is 20.6. The highest BCUT2D eigenvalue weighted by molar-refractivity contribution is 7.89. The monoisotopic (exact) mass is 404 g/mol. The van der Waals surface area contributed by atoms with Gasteiger partial charge in [0.1, 0.15) is 0 Å². The van der Waals surface area contributed by atoms with E-state index in [0.717, 1.165) is 38.9 Å². The van der Waals surface area contributed by atoms with Crippen molar-refractivity contribution in [1.82, 2.24) is 9.71 Å². The van der Waals surface area contributed by atoms with Gasteiger partial charge in [0, 0.05) is 22.2 Å². The molecule has 4 nitrogen and oxygen atoms in total. The van der Waals surface area contributed by atoms with Crippen LogP contribution in [-0.2, 0) is 10.0 Å².